The summed E-state index contributed by atoms with van der Waals surface area (Å²) in [5.74, 6) is 1.38. The molecule has 0 aromatic heterocycles. The molecule has 1 aliphatic heterocycles. The van der Waals surface area contributed by atoms with Crippen LogP contribution in [0.15, 0.2) is 59.1 Å². The zero-order valence-electron chi connectivity index (χ0n) is 18.9. The molecular formula is C26H28BrClN2O3. The van der Waals surface area contributed by atoms with E-state index >= 15 is 0 Å². The molecule has 1 heterocycles. The highest BCUT2D eigenvalue weighted by Crippen LogP contribution is 2.37. The number of rotatable bonds is 8. The molecular weight excluding hydrogens is 504 g/mol. The Bertz CT molecular complexity index is 1100. The van der Waals surface area contributed by atoms with E-state index in [-0.39, 0.29) is 0 Å². The van der Waals surface area contributed by atoms with Gasteiger partial charge in [-0.2, -0.15) is 0 Å². The number of methoxy groups -OCH3 is 1. The minimum absolute atomic E-state index is 0.474. The lowest BCUT2D eigenvalue weighted by Crippen LogP contribution is -2.36. The van der Waals surface area contributed by atoms with Crippen LogP contribution in [-0.4, -0.2) is 33.4 Å². The van der Waals surface area contributed by atoms with E-state index in [1.54, 1.807) is 7.11 Å². The molecule has 1 fully saturated rings. The number of halogens is 2. The first-order valence-electron chi connectivity index (χ1n) is 10.9. The van der Waals surface area contributed by atoms with Gasteiger partial charge in [0.2, 0.25) is 0 Å². The van der Waals surface area contributed by atoms with Crippen molar-refractivity contribution in [1.29, 1.82) is 0 Å². The normalized spacial score (nSPS) is 13.6. The van der Waals surface area contributed by atoms with Crippen LogP contribution in [0.1, 0.15) is 16.7 Å². The van der Waals surface area contributed by atoms with Gasteiger partial charge in [0, 0.05) is 25.3 Å². The number of morpholine rings is 1. The third-order valence-corrected chi connectivity index (χ3v) is 6.44. The van der Waals surface area contributed by atoms with Gasteiger partial charge in [0.05, 0.1) is 35.5 Å². The van der Waals surface area contributed by atoms with E-state index in [9.17, 15) is 0 Å². The molecule has 1 N–H and O–H groups in total. The number of anilines is 2. The minimum atomic E-state index is 0.474. The molecule has 0 atom stereocenters. The molecule has 0 spiro atoms. The molecule has 0 saturated carbocycles. The first kappa shape index (κ1) is 23.7. The van der Waals surface area contributed by atoms with Crippen LogP contribution in [0.5, 0.6) is 11.5 Å². The van der Waals surface area contributed by atoms with Crippen LogP contribution in [0.25, 0.3) is 0 Å². The highest BCUT2D eigenvalue weighted by atomic mass is 79.9. The Labute approximate surface area is 208 Å². The summed E-state index contributed by atoms with van der Waals surface area (Å²) in [7, 11) is 1.66. The van der Waals surface area contributed by atoms with Crippen LogP contribution < -0.4 is 19.7 Å². The van der Waals surface area contributed by atoms with Gasteiger partial charge in [0.15, 0.2) is 11.5 Å². The van der Waals surface area contributed by atoms with Crippen molar-refractivity contribution in [2.24, 2.45) is 0 Å². The van der Waals surface area contributed by atoms with E-state index in [4.69, 9.17) is 25.8 Å². The van der Waals surface area contributed by atoms with Gasteiger partial charge >= 0.3 is 0 Å². The molecule has 0 bridgehead atoms. The van der Waals surface area contributed by atoms with Gasteiger partial charge < -0.3 is 24.4 Å². The molecule has 7 heteroatoms. The maximum atomic E-state index is 6.57. The number of ether oxygens (including phenoxy) is 3. The Morgan fingerprint density at radius 2 is 1.88 bits per heavy atom. The topological polar surface area (TPSA) is 43.0 Å². The lowest BCUT2D eigenvalue weighted by Gasteiger charge is -2.29. The van der Waals surface area contributed by atoms with Crippen molar-refractivity contribution in [1.82, 2.24) is 0 Å². The van der Waals surface area contributed by atoms with E-state index in [1.165, 1.54) is 5.56 Å². The monoisotopic (exact) mass is 530 g/mol. The van der Waals surface area contributed by atoms with Crippen LogP contribution in [0, 0.1) is 6.92 Å². The van der Waals surface area contributed by atoms with Gasteiger partial charge in [-0.1, -0.05) is 41.4 Å². The summed E-state index contributed by atoms with van der Waals surface area (Å²) in [5, 5.41) is 4.19. The largest absolute Gasteiger partial charge is 0.493 e. The second-order valence-electron chi connectivity index (χ2n) is 8.01. The van der Waals surface area contributed by atoms with Crippen LogP contribution in [0.3, 0.4) is 0 Å². The molecule has 174 valence electrons. The van der Waals surface area contributed by atoms with E-state index in [0.717, 1.165) is 58.3 Å². The lowest BCUT2D eigenvalue weighted by atomic mass is 10.1. The molecule has 4 rings (SSSR count). The third kappa shape index (κ3) is 6.14. The lowest BCUT2D eigenvalue weighted by molar-refractivity contribution is 0.122. The zero-order chi connectivity index (χ0) is 23.2. The van der Waals surface area contributed by atoms with Crippen molar-refractivity contribution in [3.05, 3.63) is 80.8 Å². The van der Waals surface area contributed by atoms with E-state index in [1.807, 2.05) is 24.3 Å². The van der Waals surface area contributed by atoms with Crippen molar-refractivity contribution >= 4 is 38.9 Å². The van der Waals surface area contributed by atoms with Gasteiger partial charge in [-0.3, -0.25) is 0 Å². The number of hydrogen-bond donors (Lipinski definition) is 1. The van der Waals surface area contributed by atoms with Crippen LogP contribution in [-0.2, 0) is 17.9 Å². The summed E-state index contributed by atoms with van der Waals surface area (Å²) in [6.45, 7) is 6.36. The highest BCUT2D eigenvalue weighted by Gasteiger charge is 2.15. The predicted molar refractivity (Wildman–Crippen MR) is 138 cm³/mol. The SMILES string of the molecule is COc1cc(CNc2ccc(N3CCOCC3)c(Cl)c2)cc(Br)c1OCc1cccc(C)c1. The molecule has 0 unspecified atom stereocenters. The number of benzene rings is 3. The molecule has 5 nitrogen and oxygen atoms in total. The second-order valence-corrected chi connectivity index (χ2v) is 9.27. The van der Waals surface area contributed by atoms with Crippen LogP contribution in [0.4, 0.5) is 11.4 Å². The Morgan fingerprint density at radius 3 is 2.61 bits per heavy atom. The Hall–Kier alpha value is -2.41. The number of aryl methyl sites for hydroxylation is 1. The second kappa shape index (κ2) is 11.1. The maximum absolute atomic E-state index is 6.57. The first-order valence-corrected chi connectivity index (χ1v) is 12.1. The molecule has 3 aromatic rings. The van der Waals surface area contributed by atoms with Crippen molar-refractivity contribution in [2.45, 2.75) is 20.1 Å². The zero-order valence-corrected chi connectivity index (χ0v) is 21.2. The average Bonchev–Trinajstić information content (AvgIpc) is 2.82. The first-order chi connectivity index (χ1) is 16.0. The van der Waals surface area contributed by atoms with Crippen LogP contribution in [0.2, 0.25) is 5.02 Å². The van der Waals surface area contributed by atoms with Crippen molar-refractivity contribution in [3.63, 3.8) is 0 Å². The van der Waals surface area contributed by atoms with Crippen LogP contribution >= 0.6 is 27.5 Å². The Morgan fingerprint density at radius 1 is 1.06 bits per heavy atom. The summed E-state index contributed by atoms with van der Waals surface area (Å²) in [6, 6.07) is 18.4. The van der Waals surface area contributed by atoms with E-state index < -0.39 is 0 Å². The smallest absolute Gasteiger partial charge is 0.175 e. The average molecular weight is 532 g/mol. The molecule has 1 aliphatic rings. The van der Waals surface area contributed by atoms with E-state index in [0.29, 0.717) is 24.7 Å². The third-order valence-electron chi connectivity index (χ3n) is 5.55. The number of nitrogens with zero attached hydrogens (tertiary/aromatic N) is 1. The van der Waals surface area contributed by atoms with Gasteiger partial charge in [0.25, 0.3) is 0 Å². The maximum Gasteiger partial charge on any atom is 0.175 e. The van der Waals surface area contributed by atoms with Crippen molar-refractivity contribution in [2.75, 3.05) is 43.6 Å². The minimum Gasteiger partial charge on any atom is -0.493 e. The predicted octanol–water partition coefficient (Wildman–Crippen LogP) is 6.45. The van der Waals surface area contributed by atoms with Gasteiger partial charge in [-0.15, -0.1) is 0 Å². The Balaban J connectivity index is 1.42. The number of hydrogen-bond acceptors (Lipinski definition) is 5. The molecule has 0 aliphatic carbocycles. The fourth-order valence-electron chi connectivity index (χ4n) is 3.85. The molecule has 0 radical (unpaired) electrons. The Kier molecular flexibility index (Phi) is 8.02. The molecule has 0 amide bonds. The van der Waals surface area contributed by atoms with Gasteiger partial charge in [-0.05, 0) is 64.3 Å². The summed E-state index contributed by atoms with van der Waals surface area (Å²) >= 11 is 10.2. The van der Waals surface area contributed by atoms with Crippen molar-refractivity contribution in [3.8, 4) is 11.5 Å². The summed E-state index contributed by atoms with van der Waals surface area (Å²) in [6.07, 6.45) is 0. The van der Waals surface area contributed by atoms with Gasteiger partial charge in [0.1, 0.15) is 6.61 Å². The fraction of sp³-hybridized carbons (Fsp3) is 0.308. The van der Waals surface area contributed by atoms with E-state index in [2.05, 4.69) is 63.4 Å². The molecule has 1 saturated heterocycles. The summed E-state index contributed by atoms with van der Waals surface area (Å²) < 4.78 is 18.0. The standard InChI is InChI=1S/C26H28BrClN2O3/c1-18-4-3-5-19(12-18)17-33-26-22(27)13-20(14-25(26)31-2)16-29-21-6-7-24(23(28)15-21)30-8-10-32-11-9-30/h3-7,12-15,29H,8-11,16-17H2,1-2H3. The summed E-state index contributed by atoms with van der Waals surface area (Å²) in [4.78, 5) is 2.26. The number of nitrogens with one attached hydrogen (secondary N) is 1. The highest BCUT2D eigenvalue weighted by molar-refractivity contribution is 9.10. The molecule has 3 aromatic carbocycles. The summed E-state index contributed by atoms with van der Waals surface area (Å²) in [5.41, 5.74) is 5.40. The quantitative estimate of drug-likeness (QED) is 0.362. The fourth-order valence-corrected chi connectivity index (χ4v) is 4.76. The van der Waals surface area contributed by atoms with Crippen molar-refractivity contribution < 1.29 is 14.2 Å². The van der Waals surface area contributed by atoms with Gasteiger partial charge in [-0.25, -0.2) is 0 Å². The molecule has 33 heavy (non-hydrogen) atoms.